The summed E-state index contributed by atoms with van der Waals surface area (Å²) in [5.41, 5.74) is 8.39. The number of benzene rings is 1. The van der Waals surface area contributed by atoms with Crippen LogP contribution in [0.2, 0.25) is 0 Å². The Kier molecular flexibility index (Phi) is 3.58. The number of halogens is 1. The fourth-order valence-corrected chi connectivity index (χ4v) is 2.20. The highest BCUT2D eigenvalue weighted by Gasteiger charge is 2.12. The summed E-state index contributed by atoms with van der Waals surface area (Å²) < 4.78 is 21.0. The molecule has 2 heterocycles. The highest BCUT2D eigenvalue weighted by atomic mass is 19.1. The van der Waals surface area contributed by atoms with Crippen molar-refractivity contribution >= 4 is 5.57 Å². The van der Waals surface area contributed by atoms with Crippen LogP contribution in [0, 0.1) is 5.82 Å². The van der Waals surface area contributed by atoms with Gasteiger partial charge >= 0.3 is 0 Å². The third kappa shape index (κ3) is 2.48. The Bertz CT molecular complexity index is 650. The van der Waals surface area contributed by atoms with Gasteiger partial charge in [0.1, 0.15) is 5.82 Å². The van der Waals surface area contributed by atoms with Crippen molar-refractivity contribution in [3.05, 3.63) is 47.5 Å². The Morgan fingerprint density at radius 3 is 2.95 bits per heavy atom. The topological polar surface area (TPSA) is 66.0 Å². The summed E-state index contributed by atoms with van der Waals surface area (Å²) in [6, 6.07) is 5.05. The number of nitrogens with zero attached hydrogens (tertiary/aromatic N) is 3. The molecule has 1 aromatic carbocycles. The first kappa shape index (κ1) is 13.0. The summed E-state index contributed by atoms with van der Waals surface area (Å²) in [5.74, 6) is -0.263. The molecule has 1 aliphatic heterocycles. The van der Waals surface area contributed by atoms with E-state index in [4.69, 9.17) is 10.5 Å². The number of hydrogen-bond donors (Lipinski definition) is 1. The minimum Gasteiger partial charge on any atom is -0.377 e. The summed E-state index contributed by atoms with van der Waals surface area (Å²) in [6.07, 6.45) is 4.35. The molecule has 0 saturated heterocycles. The zero-order chi connectivity index (χ0) is 13.9. The maximum Gasteiger partial charge on any atom is 0.132 e. The number of rotatable bonds is 3. The van der Waals surface area contributed by atoms with Crippen LogP contribution in [0.15, 0.2) is 30.5 Å². The van der Waals surface area contributed by atoms with E-state index < -0.39 is 0 Å². The van der Waals surface area contributed by atoms with Crippen LogP contribution in [0.3, 0.4) is 0 Å². The predicted octanol–water partition coefficient (Wildman–Crippen LogP) is 1.67. The smallest absolute Gasteiger partial charge is 0.132 e. The first-order chi connectivity index (χ1) is 9.78. The average Bonchev–Trinajstić information content (AvgIpc) is 2.97. The van der Waals surface area contributed by atoms with E-state index in [0.717, 1.165) is 12.0 Å². The molecule has 1 aromatic heterocycles. The highest BCUT2D eigenvalue weighted by Crippen LogP contribution is 2.25. The minimum atomic E-state index is -0.263. The molecule has 2 aromatic rings. The zero-order valence-corrected chi connectivity index (χ0v) is 10.9. The summed E-state index contributed by atoms with van der Waals surface area (Å²) in [6.45, 7) is 1.49. The maximum absolute atomic E-state index is 14.2. The van der Waals surface area contributed by atoms with E-state index in [1.54, 1.807) is 12.3 Å². The van der Waals surface area contributed by atoms with Gasteiger partial charge in [-0.2, -0.15) is 0 Å². The fourth-order valence-electron chi connectivity index (χ4n) is 2.20. The van der Waals surface area contributed by atoms with Crippen molar-refractivity contribution in [2.24, 2.45) is 5.73 Å². The lowest BCUT2D eigenvalue weighted by Crippen LogP contribution is -2.05. The lowest BCUT2D eigenvalue weighted by atomic mass is 10.0. The van der Waals surface area contributed by atoms with Crippen molar-refractivity contribution in [1.82, 2.24) is 15.0 Å². The molecule has 0 radical (unpaired) electrons. The van der Waals surface area contributed by atoms with E-state index in [1.807, 2.05) is 12.1 Å². The normalized spacial score (nSPS) is 15.2. The van der Waals surface area contributed by atoms with Crippen LogP contribution in [-0.4, -0.2) is 28.2 Å². The van der Waals surface area contributed by atoms with Crippen molar-refractivity contribution in [2.75, 3.05) is 13.2 Å². The third-order valence-electron chi connectivity index (χ3n) is 3.28. The summed E-state index contributed by atoms with van der Waals surface area (Å²) in [4.78, 5) is 0. The van der Waals surface area contributed by atoms with Crippen molar-refractivity contribution in [3.63, 3.8) is 0 Å². The minimum absolute atomic E-state index is 0.263. The predicted molar refractivity (Wildman–Crippen MR) is 72.6 cm³/mol. The Morgan fingerprint density at radius 1 is 1.40 bits per heavy atom. The van der Waals surface area contributed by atoms with E-state index in [-0.39, 0.29) is 5.82 Å². The van der Waals surface area contributed by atoms with Crippen molar-refractivity contribution in [2.45, 2.75) is 13.0 Å². The molecule has 0 atom stereocenters. The molecule has 2 N–H and O–H groups in total. The van der Waals surface area contributed by atoms with Crippen LogP contribution in [0.1, 0.15) is 17.7 Å². The second-order valence-electron chi connectivity index (χ2n) is 4.58. The number of hydrogen-bond acceptors (Lipinski definition) is 4. The molecule has 0 bridgehead atoms. The van der Waals surface area contributed by atoms with Gasteiger partial charge in [0.25, 0.3) is 0 Å². The van der Waals surface area contributed by atoms with E-state index >= 15 is 0 Å². The van der Waals surface area contributed by atoms with Gasteiger partial charge in [-0.15, -0.1) is 5.10 Å². The van der Waals surface area contributed by atoms with Gasteiger partial charge in [0.05, 0.1) is 30.8 Å². The molecule has 0 saturated carbocycles. The van der Waals surface area contributed by atoms with Gasteiger partial charge in [-0.1, -0.05) is 11.3 Å². The lowest BCUT2D eigenvalue weighted by molar-refractivity contribution is 0.161. The van der Waals surface area contributed by atoms with Crippen LogP contribution in [0.4, 0.5) is 4.39 Å². The first-order valence-electron chi connectivity index (χ1n) is 6.46. The lowest BCUT2D eigenvalue weighted by Gasteiger charge is -2.14. The van der Waals surface area contributed by atoms with Crippen LogP contribution in [-0.2, 0) is 11.3 Å². The molecule has 0 amide bonds. The van der Waals surface area contributed by atoms with E-state index in [9.17, 15) is 4.39 Å². The fraction of sp³-hybridized carbons (Fsp3) is 0.286. The Labute approximate surface area is 115 Å². The van der Waals surface area contributed by atoms with Crippen molar-refractivity contribution < 1.29 is 9.13 Å². The zero-order valence-electron chi connectivity index (χ0n) is 10.9. The van der Waals surface area contributed by atoms with Gasteiger partial charge in [-0.05, 0) is 24.1 Å². The number of ether oxygens (including phenoxy) is 1. The largest absolute Gasteiger partial charge is 0.377 e. The van der Waals surface area contributed by atoms with Gasteiger partial charge in [0, 0.05) is 18.2 Å². The molecule has 6 heteroatoms. The second-order valence-corrected chi connectivity index (χ2v) is 4.58. The van der Waals surface area contributed by atoms with Crippen LogP contribution >= 0.6 is 0 Å². The molecule has 0 fully saturated rings. The van der Waals surface area contributed by atoms with E-state index in [0.29, 0.717) is 36.7 Å². The Hall–Kier alpha value is -2.05. The molecular weight excluding hydrogens is 259 g/mol. The van der Waals surface area contributed by atoms with Crippen molar-refractivity contribution in [1.29, 1.82) is 0 Å². The standard InChI is InChI=1S/C14H15FN4O/c15-14-7-12(19-9-11(8-16)17-18-19)1-2-13(14)10-3-5-20-6-4-10/h1-3,7,9H,4-6,8,16H2. The molecule has 1 aliphatic rings. The number of nitrogens with two attached hydrogens (primary N) is 1. The monoisotopic (exact) mass is 274 g/mol. The maximum atomic E-state index is 14.2. The average molecular weight is 274 g/mol. The Morgan fingerprint density at radius 2 is 2.30 bits per heavy atom. The molecule has 3 rings (SSSR count). The van der Waals surface area contributed by atoms with Gasteiger partial charge in [0.15, 0.2) is 0 Å². The van der Waals surface area contributed by atoms with Crippen LogP contribution in [0.25, 0.3) is 11.3 Å². The van der Waals surface area contributed by atoms with Gasteiger partial charge in [-0.3, -0.25) is 0 Å². The van der Waals surface area contributed by atoms with Crippen molar-refractivity contribution in [3.8, 4) is 5.69 Å². The quantitative estimate of drug-likeness (QED) is 0.924. The van der Waals surface area contributed by atoms with Crippen LogP contribution < -0.4 is 5.73 Å². The molecule has 20 heavy (non-hydrogen) atoms. The molecule has 0 spiro atoms. The molecule has 0 aliphatic carbocycles. The molecule has 104 valence electrons. The van der Waals surface area contributed by atoms with E-state index in [1.165, 1.54) is 10.7 Å². The third-order valence-corrected chi connectivity index (χ3v) is 3.28. The highest BCUT2D eigenvalue weighted by molar-refractivity contribution is 5.67. The molecule has 0 unspecified atom stereocenters. The van der Waals surface area contributed by atoms with E-state index in [2.05, 4.69) is 10.3 Å². The van der Waals surface area contributed by atoms with Gasteiger partial charge in [-0.25, -0.2) is 9.07 Å². The van der Waals surface area contributed by atoms with Crippen LogP contribution in [0.5, 0.6) is 0 Å². The summed E-state index contributed by atoms with van der Waals surface area (Å²) >= 11 is 0. The molecular formula is C14H15FN4O. The summed E-state index contributed by atoms with van der Waals surface area (Å²) in [7, 11) is 0. The van der Waals surface area contributed by atoms with Gasteiger partial charge in [0.2, 0.25) is 0 Å². The first-order valence-corrected chi connectivity index (χ1v) is 6.46. The second kappa shape index (κ2) is 5.52. The molecule has 5 nitrogen and oxygen atoms in total. The number of aromatic nitrogens is 3. The SMILES string of the molecule is NCc1cn(-c2ccc(C3=CCOCC3)c(F)c2)nn1. The van der Waals surface area contributed by atoms with Gasteiger partial charge < -0.3 is 10.5 Å². The summed E-state index contributed by atoms with van der Waals surface area (Å²) in [5, 5.41) is 7.82. The Balaban J connectivity index is 1.92.